The van der Waals surface area contributed by atoms with Crippen molar-refractivity contribution in [2.24, 2.45) is 0 Å². The third kappa shape index (κ3) is 1.13. The molecule has 82 valence electrons. The highest BCUT2D eigenvalue weighted by Crippen LogP contribution is 2.35. The average molecular weight is 218 g/mol. The Balaban J connectivity index is 2.53. The second kappa shape index (κ2) is 3.01. The van der Waals surface area contributed by atoms with E-state index in [1.165, 1.54) is 12.1 Å². The Morgan fingerprint density at radius 3 is 2.69 bits per heavy atom. The van der Waals surface area contributed by atoms with Crippen LogP contribution in [0.25, 0.3) is 11.0 Å². The van der Waals surface area contributed by atoms with E-state index < -0.39 is 0 Å². The first-order valence-corrected chi connectivity index (χ1v) is 5.17. The summed E-state index contributed by atoms with van der Waals surface area (Å²) in [6.07, 6.45) is 2.38. The molecule has 2 N–H and O–H groups in total. The van der Waals surface area contributed by atoms with Gasteiger partial charge in [-0.2, -0.15) is 0 Å². The number of fused-ring (bicyclic) bond motifs is 3. The van der Waals surface area contributed by atoms with E-state index in [4.69, 9.17) is 4.42 Å². The molecule has 4 nitrogen and oxygen atoms in total. The molecule has 1 aromatic heterocycles. The van der Waals surface area contributed by atoms with Gasteiger partial charge >= 0.3 is 5.63 Å². The van der Waals surface area contributed by atoms with Crippen molar-refractivity contribution in [3.8, 4) is 11.5 Å². The monoisotopic (exact) mass is 218 g/mol. The van der Waals surface area contributed by atoms with E-state index in [0.29, 0.717) is 17.4 Å². The molecule has 2 aromatic rings. The number of benzene rings is 1. The molecule has 1 heterocycles. The number of aryl methyl sites for hydroxylation is 1. The van der Waals surface area contributed by atoms with Crippen molar-refractivity contribution in [1.82, 2.24) is 0 Å². The first kappa shape index (κ1) is 9.27. The van der Waals surface area contributed by atoms with Gasteiger partial charge in [-0.05, 0) is 24.8 Å². The molecular weight excluding hydrogens is 208 g/mol. The van der Waals surface area contributed by atoms with Crippen LogP contribution >= 0.6 is 0 Å². The lowest BCUT2D eigenvalue weighted by atomic mass is 10.1. The van der Waals surface area contributed by atoms with E-state index in [1.807, 2.05) is 0 Å². The second-order valence-electron chi connectivity index (χ2n) is 4.04. The number of hydrogen-bond donors (Lipinski definition) is 2. The molecular formula is C12H10O4. The molecule has 16 heavy (non-hydrogen) atoms. The van der Waals surface area contributed by atoms with Gasteiger partial charge in [-0.1, -0.05) is 0 Å². The van der Waals surface area contributed by atoms with Crippen LogP contribution in [0.5, 0.6) is 11.5 Å². The summed E-state index contributed by atoms with van der Waals surface area (Å²) in [5, 5.41) is 19.7. The minimum absolute atomic E-state index is 0.0306. The van der Waals surface area contributed by atoms with Gasteiger partial charge in [0.1, 0.15) is 17.1 Å². The highest BCUT2D eigenvalue weighted by atomic mass is 16.4. The van der Waals surface area contributed by atoms with E-state index in [-0.39, 0.29) is 22.7 Å². The van der Waals surface area contributed by atoms with Crippen LogP contribution in [0.15, 0.2) is 21.3 Å². The van der Waals surface area contributed by atoms with Crippen LogP contribution in [0.1, 0.15) is 17.5 Å². The summed E-state index contributed by atoms with van der Waals surface area (Å²) in [5.74, 6) is -0.136. The minimum Gasteiger partial charge on any atom is -0.508 e. The molecule has 3 rings (SSSR count). The second-order valence-corrected chi connectivity index (χ2v) is 4.04. The highest BCUT2D eigenvalue weighted by Gasteiger charge is 2.21. The third-order valence-corrected chi connectivity index (χ3v) is 3.03. The average Bonchev–Trinajstić information content (AvgIpc) is 2.65. The van der Waals surface area contributed by atoms with Gasteiger partial charge in [-0.15, -0.1) is 0 Å². The van der Waals surface area contributed by atoms with Gasteiger partial charge in [-0.3, -0.25) is 0 Å². The van der Waals surface area contributed by atoms with Gasteiger partial charge in [0.25, 0.3) is 0 Å². The van der Waals surface area contributed by atoms with Crippen molar-refractivity contribution in [3.05, 3.63) is 33.7 Å². The Morgan fingerprint density at radius 1 is 1.12 bits per heavy atom. The van der Waals surface area contributed by atoms with E-state index >= 15 is 0 Å². The highest BCUT2D eigenvalue weighted by molar-refractivity contribution is 5.89. The summed E-state index contributed by atoms with van der Waals surface area (Å²) in [6.45, 7) is 0. The molecule has 0 amide bonds. The standard InChI is InChI=1S/C12H10O4/c13-6-4-9(14)11-7-2-1-3-8(7)12(15)16-10(11)5-6/h4-5,13-14H,1-3H2. The molecule has 4 heteroatoms. The van der Waals surface area contributed by atoms with E-state index in [1.54, 1.807) is 0 Å². The molecule has 0 saturated carbocycles. The number of aromatic hydroxyl groups is 2. The maximum Gasteiger partial charge on any atom is 0.339 e. The lowest BCUT2D eigenvalue weighted by Gasteiger charge is -2.06. The predicted molar refractivity (Wildman–Crippen MR) is 57.8 cm³/mol. The number of phenolic OH excluding ortho intramolecular Hbond substituents is 2. The molecule has 0 spiro atoms. The van der Waals surface area contributed by atoms with E-state index in [2.05, 4.69) is 0 Å². The van der Waals surface area contributed by atoms with Crippen molar-refractivity contribution in [1.29, 1.82) is 0 Å². The fourth-order valence-electron chi connectivity index (χ4n) is 2.38. The smallest absolute Gasteiger partial charge is 0.339 e. The Bertz CT molecular complexity index is 639. The largest absolute Gasteiger partial charge is 0.508 e. The Morgan fingerprint density at radius 2 is 1.88 bits per heavy atom. The fraction of sp³-hybridized carbons (Fsp3) is 0.250. The zero-order valence-electron chi connectivity index (χ0n) is 8.49. The predicted octanol–water partition coefficient (Wildman–Crippen LogP) is 1.69. The van der Waals surface area contributed by atoms with Crippen LogP contribution in [0.4, 0.5) is 0 Å². The van der Waals surface area contributed by atoms with Crippen molar-refractivity contribution in [2.45, 2.75) is 19.3 Å². The zero-order chi connectivity index (χ0) is 11.3. The zero-order valence-corrected chi connectivity index (χ0v) is 8.49. The topological polar surface area (TPSA) is 70.7 Å². The molecule has 0 atom stereocenters. The lowest BCUT2D eigenvalue weighted by molar-refractivity contribution is 0.450. The summed E-state index contributed by atoms with van der Waals surface area (Å²) in [4.78, 5) is 11.6. The van der Waals surface area contributed by atoms with E-state index in [0.717, 1.165) is 18.4 Å². The molecule has 0 radical (unpaired) electrons. The first-order valence-electron chi connectivity index (χ1n) is 5.17. The van der Waals surface area contributed by atoms with Gasteiger partial charge < -0.3 is 14.6 Å². The van der Waals surface area contributed by atoms with Crippen LogP contribution in [0.2, 0.25) is 0 Å². The SMILES string of the molecule is O=c1oc2cc(O)cc(O)c2c2c1CCC2. The Hall–Kier alpha value is -1.97. The van der Waals surface area contributed by atoms with Crippen LogP contribution in [0, 0.1) is 0 Å². The molecule has 0 fully saturated rings. The summed E-state index contributed by atoms with van der Waals surface area (Å²) in [5.41, 5.74) is 1.42. The van der Waals surface area contributed by atoms with Crippen LogP contribution in [-0.4, -0.2) is 10.2 Å². The summed E-state index contributed by atoms with van der Waals surface area (Å²) < 4.78 is 5.09. The van der Waals surface area contributed by atoms with Gasteiger partial charge in [-0.25, -0.2) is 4.79 Å². The molecule has 0 unspecified atom stereocenters. The summed E-state index contributed by atoms with van der Waals surface area (Å²) >= 11 is 0. The normalized spacial score (nSPS) is 14.2. The van der Waals surface area contributed by atoms with Crippen molar-refractivity contribution in [3.63, 3.8) is 0 Å². The van der Waals surface area contributed by atoms with Gasteiger partial charge in [0, 0.05) is 17.7 Å². The van der Waals surface area contributed by atoms with Gasteiger partial charge in [0.2, 0.25) is 0 Å². The Labute approximate surface area is 90.8 Å². The maximum atomic E-state index is 11.6. The number of phenols is 2. The quantitative estimate of drug-likeness (QED) is 0.660. The fourth-order valence-corrected chi connectivity index (χ4v) is 2.38. The van der Waals surface area contributed by atoms with Gasteiger partial charge in [0.05, 0.1) is 5.39 Å². The molecule has 0 aliphatic heterocycles. The van der Waals surface area contributed by atoms with Crippen molar-refractivity contribution < 1.29 is 14.6 Å². The van der Waals surface area contributed by atoms with Crippen LogP contribution < -0.4 is 5.63 Å². The summed E-state index contributed by atoms with van der Waals surface area (Å²) in [7, 11) is 0. The minimum atomic E-state index is -0.356. The summed E-state index contributed by atoms with van der Waals surface area (Å²) in [6, 6.07) is 2.62. The number of rotatable bonds is 0. The molecule has 0 saturated heterocycles. The lowest BCUT2D eigenvalue weighted by Crippen LogP contribution is -2.06. The molecule has 1 aliphatic carbocycles. The Kier molecular flexibility index (Phi) is 1.74. The van der Waals surface area contributed by atoms with Crippen molar-refractivity contribution >= 4 is 11.0 Å². The molecule has 1 aliphatic rings. The third-order valence-electron chi connectivity index (χ3n) is 3.03. The molecule has 1 aromatic carbocycles. The van der Waals surface area contributed by atoms with Gasteiger partial charge in [0.15, 0.2) is 0 Å². The first-order chi connectivity index (χ1) is 7.66. The van der Waals surface area contributed by atoms with Crippen molar-refractivity contribution in [2.75, 3.05) is 0 Å². The number of hydrogen-bond acceptors (Lipinski definition) is 4. The van der Waals surface area contributed by atoms with E-state index in [9.17, 15) is 15.0 Å². The molecule has 0 bridgehead atoms. The maximum absolute atomic E-state index is 11.6. The van der Waals surface area contributed by atoms with Crippen LogP contribution in [-0.2, 0) is 12.8 Å². The van der Waals surface area contributed by atoms with Crippen LogP contribution in [0.3, 0.4) is 0 Å².